The lowest BCUT2D eigenvalue weighted by atomic mass is 10.1. The minimum atomic E-state index is -3.95. The molecule has 0 radical (unpaired) electrons. The second kappa shape index (κ2) is 6.06. The number of aromatic nitrogens is 1. The molecule has 2 aromatic rings. The topological polar surface area (TPSA) is 99.3 Å². The smallest absolute Gasteiger partial charge is 0.304 e. The van der Waals surface area contributed by atoms with Crippen molar-refractivity contribution in [2.75, 3.05) is 0 Å². The molecule has 0 unspecified atom stereocenters. The Kier molecular flexibility index (Phi) is 4.57. The molecule has 9 heteroatoms. The van der Waals surface area contributed by atoms with Gasteiger partial charge in [-0.3, -0.25) is 4.79 Å². The molecule has 114 valence electrons. The highest BCUT2D eigenvalue weighted by atomic mass is 32.2. The maximum absolute atomic E-state index is 13.7. The highest BCUT2D eigenvalue weighted by Gasteiger charge is 2.20. The van der Waals surface area contributed by atoms with Gasteiger partial charge in [-0.15, -0.1) is 0 Å². The summed E-state index contributed by atoms with van der Waals surface area (Å²) in [6.07, 6.45) is 0. The molecule has 1 aromatic heterocycles. The fourth-order valence-electron chi connectivity index (χ4n) is 1.73. The number of benzene rings is 1. The summed E-state index contributed by atoms with van der Waals surface area (Å²) >= 11 is 0.923. The number of rotatable bonds is 5. The zero-order valence-corrected chi connectivity index (χ0v) is 12.6. The van der Waals surface area contributed by atoms with Crippen LogP contribution in [-0.2, 0) is 23.2 Å². The van der Waals surface area contributed by atoms with Crippen LogP contribution < -0.4 is 9.60 Å². The van der Waals surface area contributed by atoms with Crippen LogP contribution in [0.2, 0.25) is 0 Å². The van der Waals surface area contributed by atoms with Gasteiger partial charge in [0.05, 0.1) is 18.0 Å². The third-order valence-electron chi connectivity index (χ3n) is 2.85. The Morgan fingerprint density at radius 2 is 2.14 bits per heavy atom. The summed E-state index contributed by atoms with van der Waals surface area (Å²) in [6.45, 7) is 0.778. The van der Waals surface area contributed by atoms with E-state index in [1.165, 1.54) is 18.4 Å². The second-order valence-corrected chi connectivity index (χ2v) is 6.93. The number of aromatic amines is 1. The quantitative estimate of drug-likeness (QED) is 0.756. The summed E-state index contributed by atoms with van der Waals surface area (Å²) in [6, 6.07) is 2.31. The number of aliphatic hydroxyl groups excluding tert-OH is 1. The van der Waals surface area contributed by atoms with E-state index in [1.54, 1.807) is 0 Å². The van der Waals surface area contributed by atoms with Crippen molar-refractivity contribution < 1.29 is 17.9 Å². The Hall–Kier alpha value is -1.55. The Morgan fingerprint density at radius 1 is 1.43 bits per heavy atom. The van der Waals surface area contributed by atoms with Crippen molar-refractivity contribution in [1.29, 1.82) is 0 Å². The van der Waals surface area contributed by atoms with Gasteiger partial charge in [-0.1, -0.05) is 11.3 Å². The normalized spacial score (nSPS) is 11.8. The number of halogens is 1. The number of H-pyrrole nitrogens is 1. The first-order valence-electron chi connectivity index (χ1n) is 5.89. The van der Waals surface area contributed by atoms with E-state index in [9.17, 15) is 17.6 Å². The van der Waals surface area contributed by atoms with E-state index in [0.717, 1.165) is 17.4 Å². The lowest BCUT2D eigenvalue weighted by Crippen LogP contribution is -2.25. The Balaban J connectivity index is 2.31. The summed E-state index contributed by atoms with van der Waals surface area (Å²) in [4.78, 5) is 12.9. The van der Waals surface area contributed by atoms with Crippen molar-refractivity contribution in [3.8, 4) is 0 Å². The van der Waals surface area contributed by atoms with E-state index in [-0.39, 0.29) is 27.4 Å². The average molecular weight is 332 g/mol. The standard InChI is InChI=1S/C12H13FN2O4S2/c1-7-10(13)2-8(5-16)3-11(7)21(18,19)14-4-9-6-20-12(17)15-9/h2-3,6,14,16H,4-5H2,1H3,(H,15,17). The Morgan fingerprint density at radius 3 is 2.71 bits per heavy atom. The van der Waals surface area contributed by atoms with Crippen molar-refractivity contribution in [3.05, 3.63) is 49.8 Å². The molecule has 0 aliphatic rings. The molecule has 0 aliphatic carbocycles. The molecule has 0 amide bonds. The largest absolute Gasteiger partial charge is 0.392 e. The van der Waals surface area contributed by atoms with Crippen LogP contribution in [0.15, 0.2) is 27.2 Å². The molecule has 0 spiro atoms. The fraction of sp³-hybridized carbons (Fsp3) is 0.250. The van der Waals surface area contributed by atoms with Gasteiger partial charge in [-0.25, -0.2) is 17.5 Å². The van der Waals surface area contributed by atoms with Crippen molar-refractivity contribution >= 4 is 21.4 Å². The van der Waals surface area contributed by atoms with Crippen LogP contribution >= 0.6 is 11.3 Å². The molecular weight excluding hydrogens is 319 g/mol. The van der Waals surface area contributed by atoms with Gasteiger partial charge >= 0.3 is 4.87 Å². The summed E-state index contributed by atoms with van der Waals surface area (Å²) in [5.41, 5.74) is 0.561. The third kappa shape index (κ3) is 3.56. The predicted molar refractivity (Wildman–Crippen MR) is 76.0 cm³/mol. The molecule has 2 rings (SSSR count). The van der Waals surface area contributed by atoms with Crippen molar-refractivity contribution in [2.45, 2.75) is 25.0 Å². The summed E-state index contributed by atoms with van der Waals surface area (Å²) in [5, 5.41) is 10.5. The number of nitrogens with one attached hydrogen (secondary N) is 2. The summed E-state index contributed by atoms with van der Waals surface area (Å²) < 4.78 is 40.4. The van der Waals surface area contributed by atoms with Gasteiger partial charge in [0.1, 0.15) is 5.82 Å². The molecule has 0 aliphatic heterocycles. The number of hydrogen-bond acceptors (Lipinski definition) is 5. The highest BCUT2D eigenvalue weighted by molar-refractivity contribution is 7.89. The number of aliphatic hydroxyl groups is 1. The first kappa shape index (κ1) is 15.8. The van der Waals surface area contributed by atoms with E-state index < -0.39 is 22.4 Å². The molecule has 0 saturated carbocycles. The maximum Gasteiger partial charge on any atom is 0.304 e. The van der Waals surface area contributed by atoms with Gasteiger partial charge in [0.15, 0.2) is 0 Å². The van der Waals surface area contributed by atoms with Gasteiger partial charge in [0, 0.05) is 16.6 Å². The van der Waals surface area contributed by atoms with Crippen LogP contribution in [0.25, 0.3) is 0 Å². The van der Waals surface area contributed by atoms with Gasteiger partial charge in [-0.2, -0.15) is 0 Å². The SMILES string of the molecule is Cc1c(F)cc(CO)cc1S(=O)(=O)NCc1csc(=O)[nH]1. The highest BCUT2D eigenvalue weighted by Crippen LogP contribution is 2.20. The fourth-order valence-corrected chi connectivity index (χ4v) is 3.62. The number of hydrogen-bond donors (Lipinski definition) is 3. The Bertz CT molecular complexity index is 811. The molecule has 1 aromatic carbocycles. The molecule has 1 heterocycles. The van der Waals surface area contributed by atoms with Crippen LogP contribution in [0.4, 0.5) is 4.39 Å². The van der Waals surface area contributed by atoms with Gasteiger partial charge in [-0.05, 0) is 24.6 Å². The minimum Gasteiger partial charge on any atom is -0.392 e. The van der Waals surface area contributed by atoms with Gasteiger partial charge < -0.3 is 10.1 Å². The molecule has 0 fully saturated rings. The molecule has 6 nitrogen and oxygen atoms in total. The van der Waals surface area contributed by atoms with Crippen LogP contribution in [0.1, 0.15) is 16.8 Å². The number of thiazole rings is 1. The van der Waals surface area contributed by atoms with E-state index in [2.05, 4.69) is 9.71 Å². The van der Waals surface area contributed by atoms with Crippen molar-refractivity contribution in [2.24, 2.45) is 0 Å². The third-order valence-corrected chi connectivity index (χ3v) is 5.10. The van der Waals surface area contributed by atoms with Crippen LogP contribution in [0, 0.1) is 12.7 Å². The van der Waals surface area contributed by atoms with Gasteiger partial charge in [0.2, 0.25) is 10.0 Å². The van der Waals surface area contributed by atoms with E-state index in [1.807, 2.05) is 0 Å². The van der Waals surface area contributed by atoms with Crippen LogP contribution in [0.3, 0.4) is 0 Å². The lowest BCUT2D eigenvalue weighted by molar-refractivity contribution is 0.281. The second-order valence-electron chi connectivity index (χ2n) is 4.36. The van der Waals surface area contributed by atoms with Gasteiger partial charge in [0.25, 0.3) is 0 Å². The molecule has 21 heavy (non-hydrogen) atoms. The zero-order valence-electron chi connectivity index (χ0n) is 11.0. The summed E-state index contributed by atoms with van der Waals surface area (Å²) in [5.74, 6) is -0.703. The molecule has 3 N–H and O–H groups in total. The average Bonchev–Trinajstić information content (AvgIpc) is 2.85. The lowest BCUT2D eigenvalue weighted by Gasteiger charge is -2.11. The predicted octanol–water partition coefficient (Wildman–Crippen LogP) is 0.855. The van der Waals surface area contributed by atoms with Crippen LogP contribution in [0.5, 0.6) is 0 Å². The van der Waals surface area contributed by atoms with E-state index >= 15 is 0 Å². The molecular formula is C12H13FN2O4S2. The van der Waals surface area contributed by atoms with E-state index in [0.29, 0.717) is 5.69 Å². The summed E-state index contributed by atoms with van der Waals surface area (Å²) in [7, 11) is -3.95. The van der Waals surface area contributed by atoms with Crippen LogP contribution in [-0.4, -0.2) is 18.5 Å². The molecule has 0 atom stereocenters. The molecule has 0 bridgehead atoms. The van der Waals surface area contributed by atoms with Crippen molar-refractivity contribution in [1.82, 2.24) is 9.71 Å². The first-order chi connectivity index (χ1) is 9.83. The zero-order chi connectivity index (χ0) is 15.6. The monoisotopic (exact) mass is 332 g/mol. The molecule has 0 saturated heterocycles. The minimum absolute atomic E-state index is 0.0292. The number of sulfonamides is 1. The van der Waals surface area contributed by atoms with E-state index in [4.69, 9.17) is 5.11 Å². The van der Waals surface area contributed by atoms with Crippen molar-refractivity contribution in [3.63, 3.8) is 0 Å². The Labute approximate surface area is 124 Å². The first-order valence-corrected chi connectivity index (χ1v) is 8.26. The maximum atomic E-state index is 13.7.